The second-order valence-electron chi connectivity index (χ2n) is 4.29. The van der Waals surface area contributed by atoms with Crippen molar-refractivity contribution in [1.29, 1.82) is 0 Å². The second kappa shape index (κ2) is 3.76. The van der Waals surface area contributed by atoms with Crippen LogP contribution in [0.15, 0.2) is 0 Å². The molecule has 2 fully saturated rings. The van der Waals surface area contributed by atoms with Gasteiger partial charge >= 0.3 is 0 Å². The first-order chi connectivity index (χ1) is 6.31. The summed E-state index contributed by atoms with van der Waals surface area (Å²) in [5, 5.41) is 0. The lowest BCUT2D eigenvalue weighted by atomic mass is 9.94. The summed E-state index contributed by atoms with van der Waals surface area (Å²) in [7, 11) is 2.17. The molecule has 2 atom stereocenters. The Labute approximate surface area is 79.7 Å². The molecule has 0 aromatic carbocycles. The number of hydrogen-bond donors (Lipinski definition) is 0. The summed E-state index contributed by atoms with van der Waals surface area (Å²) in [4.78, 5) is 15.6. The molecule has 0 aromatic heterocycles. The van der Waals surface area contributed by atoms with Crippen LogP contribution in [0.1, 0.15) is 19.3 Å². The Morgan fingerprint density at radius 3 is 2.92 bits per heavy atom. The van der Waals surface area contributed by atoms with Crippen LogP contribution in [0, 0.1) is 0 Å². The highest BCUT2D eigenvalue weighted by molar-refractivity contribution is 5.57. The van der Waals surface area contributed by atoms with E-state index in [-0.39, 0.29) is 6.04 Å². The van der Waals surface area contributed by atoms with Crippen molar-refractivity contribution < 1.29 is 4.79 Å². The molecule has 3 nitrogen and oxygen atoms in total. The van der Waals surface area contributed by atoms with Gasteiger partial charge in [0.05, 0.1) is 6.04 Å². The van der Waals surface area contributed by atoms with Crippen molar-refractivity contribution in [3.63, 3.8) is 0 Å². The van der Waals surface area contributed by atoms with Gasteiger partial charge in [0.2, 0.25) is 0 Å². The molecule has 74 valence electrons. The number of piperazine rings is 1. The Morgan fingerprint density at radius 2 is 2.15 bits per heavy atom. The highest BCUT2D eigenvalue weighted by Gasteiger charge is 2.33. The average Bonchev–Trinajstić information content (AvgIpc) is 2.16. The fourth-order valence-corrected chi connectivity index (χ4v) is 2.59. The maximum absolute atomic E-state index is 10.8. The topological polar surface area (TPSA) is 23.6 Å². The van der Waals surface area contributed by atoms with Crippen LogP contribution in [-0.4, -0.2) is 54.9 Å². The SMILES string of the molecule is CN1CCN2[C@@H](CCC[C@@H]2C=O)C1. The molecule has 0 bridgehead atoms. The summed E-state index contributed by atoms with van der Waals surface area (Å²) in [5.41, 5.74) is 0. The van der Waals surface area contributed by atoms with Gasteiger partial charge in [0.25, 0.3) is 0 Å². The fourth-order valence-electron chi connectivity index (χ4n) is 2.59. The summed E-state index contributed by atoms with van der Waals surface area (Å²) in [5.74, 6) is 0. The molecule has 0 unspecified atom stereocenters. The minimum absolute atomic E-state index is 0.215. The number of piperidine rings is 1. The number of carbonyl (C=O) groups excluding carboxylic acids is 1. The molecule has 13 heavy (non-hydrogen) atoms. The summed E-state index contributed by atoms with van der Waals surface area (Å²) < 4.78 is 0. The Bertz CT molecular complexity index is 195. The van der Waals surface area contributed by atoms with Crippen LogP contribution >= 0.6 is 0 Å². The summed E-state index contributed by atoms with van der Waals surface area (Å²) in [6.07, 6.45) is 4.70. The number of hydrogen-bond acceptors (Lipinski definition) is 3. The molecular formula is C10H18N2O. The molecule has 0 radical (unpaired) electrons. The van der Waals surface area contributed by atoms with Gasteiger partial charge in [-0.3, -0.25) is 4.90 Å². The molecule has 2 heterocycles. The van der Waals surface area contributed by atoms with Crippen LogP contribution in [0.25, 0.3) is 0 Å². The average molecular weight is 182 g/mol. The summed E-state index contributed by atoms with van der Waals surface area (Å²) >= 11 is 0. The lowest BCUT2D eigenvalue weighted by Crippen LogP contribution is -2.57. The van der Waals surface area contributed by atoms with E-state index in [1.807, 2.05) is 0 Å². The third-order valence-electron chi connectivity index (χ3n) is 3.35. The van der Waals surface area contributed by atoms with Gasteiger partial charge in [-0.05, 0) is 26.3 Å². The van der Waals surface area contributed by atoms with E-state index in [1.54, 1.807) is 0 Å². The van der Waals surface area contributed by atoms with E-state index in [9.17, 15) is 4.79 Å². The third-order valence-corrected chi connectivity index (χ3v) is 3.35. The monoisotopic (exact) mass is 182 g/mol. The van der Waals surface area contributed by atoms with Crippen molar-refractivity contribution in [2.24, 2.45) is 0 Å². The Kier molecular flexibility index (Phi) is 2.65. The number of likely N-dealkylation sites (N-methyl/N-ethyl adjacent to an activating group) is 1. The van der Waals surface area contributed by atoms with Gasteiger partial charge in [-0.2, -0.15) is 0 Å². The van der Waals surface area contributed by atoms with Crippen LogP contribution in [-0.2, 0) is 4.79 Å². The molecule has 2 saturated heterocycles. The van der Waals surface area contributed by atoms with Gasteiger partial charge in [-0.25, -0.2) is 0 Å². The molecule has 2 rings (SSSR count). The maximum Gasteiger partial charge on any atom is 0.137 e. The second-order valence-corrected chi connectivity index (χ2v) is 4.29. The van der Waals surface area contributed by atoms with Gasteiger partial charge in [-0.15, -0.1) is 0 Å². The molecule has 0 aliphatic carbocycles. The first kappa shape index (κ1) is 9.16. The number of aldehydes is 1. The van der Waals surface area contributed by atoms with Crippen molar-refractivity contribution in [3.8, 4) is 0 Å². The van der Waals surface area contributed by atoms with Crippen LogP contribution in [0.4, 0.5) is 0 Å². The van der Waals surface area contributed by atoms with Crippen molar-refractivity contribution in [3.05, 3.63) is 0 Å². The molecule has 3 heteroatoms. The number of fused-ring (bicyclic) bond motifs is 1. The highest BCUT2D eigenvalue weighted by atomic mass is 16.1. The van der Waals surface area contributed by atoms with E-state index < -0.39 is 0 Å². The standard InChI is InChI=1S/C10H18N2O/c1-11-5-6-12-9(7-11)3-2-4-10(12)8-13/h8-10H,2-7H2,1H3/t9-,10+/m0/s1. The zero-order chi connectivity index (χ0) is 9.26. The van der Waals surface area contributed by atoms with Crippen LogP contribution in [0.5, 0.6) is 0 Å². The van der Waals surface area contributed by atoms with E-state index in [4.69, 9.17) is 0 Å². The molecule has 2 aliphatic rings. The molecule has 2 aliphatic heterocycles. The highest BCUT2D eigenvalue weighted by Crippen LogP contribution is 2.24. The van der Waals surface area contributed by atoms with E-state index in [1.165, 1.54) is 12.8 Å². The zero-order valence-corrected chi connectivity index (χ0v) is 8.28. The lowest BCUT2D eigenvalue weighted by Gasteiger charge is -2.45. The maximum atomic E-state index is 10.8. The Balaban J connectivity index is 2.03. The van der Waals surface area contributed by atoms with Crippen LogP contribution in [0.2, 0.25) is 0 Å². The van der Waals surface area contributed by atoms with Crippen LogP contribution < -0.4 is 0 Å². The molecule has 0 N–H and O–H groups in total. The van der Waals surface area contributed by atoms with Gasteiger partial charge in [0.1, 0.15) is 6.29 Å². The summed E-state index contributed by atoms with van der Waals surface area (Å²) in [6.45, 7) is 3.33. The number of rotatable bonds is 1. The van der Waals surface area contributed by atoms with Gasteiger partial charge in [-0.1, -0.05) is 0 Å². The van der Waals surface area contributed by atoms with Gasteiger partial charge < -0.3 is 9.69 Å². The largest absolute Gasteiger partial charge is 0.304 e. The third kappa shape index (κ3) is 1.76. The van der Waals surface area contributed by atoms with Crippen molar-refractivity contribution in [2.45, 2.75) is 31.3 Å². The predicted molar refractivity (Wildman–Crippen MR) is 51.7 cm³/mol. The van der Waals surface area contributed by atoms with E-state index in [2.05, 4.69) is 16.8 Å². The van der Waals surface area contributed by atoms with Crippen molar-refractivity contribution in [1.82, 2.24) is 9.80 Å². The fraction of sp³-hybridized carbons (Fsp3) is 0.900. The Hall–Kier alpha value is -0.410. The molecule has 0 spiro atoms. The van der Waals surface area contributed by atoms with E-state index in [0.29, 0.717) is 6.04 Å². The van der Waals surface area contributed by atoms with Gasteiger partial charge in [0.15, 0.2) is 0 Å². The zero-order valence-electron chi connectivity index (χ0n) is 8.28. The molecule has 0 aromatic rings. The molecular weight excluding hydrogens is 164 g/mol. The lowest BCUT2D eigenvalue weighted by molar-refractivity contribution is -0.116. The minimum atomic E-state index is 0.215. The summed E-state index contributed by atoms with van der Waals surface area (Å²) in [6, 6.07) is 0.857. The van der Waals surface area contributed by atoms with E-state index in [0.717, 1.165) is 32.3 Å². The molecule has 0 amide bonds. The first-order valence-corrected chi connectivity index (χ1v) is 5.21. The normalized spacial score (nSPS) is 37.0. The minimum Gasteiger partial charge on any atom is -0.304 e. The van der Waals surface area contributed by atoms with Crippen molar-refractivity contribution in [2.75, 3.05) is 26.7 Å². The predicted octanol–water partition coefficient (Wildman–Crippen LogP) is 0.354. The van der Waals surface area contributed by atoms with E-state index >= 15 is 0 Å². The number of carbonyl (C=O) groups is 1. The number of nitrogens with zero attached hydrogens (tertiary/aromatic N) is 2. The molecule has 0 saturated carbocycles. The van der Waals surface area contributed by atoms with Gasteiger partial charge in [0, 0.05) is 25.7 Å². The first-order valence-electron chi connectivity index (χ1n) is 5.21. The quantitative estimate of drug-likeness (QED) is 0.547. The smallest absolute Gasteiger partial charge is 0.137 e. The van der Waals surface area contributed by atoms with Crippen LogP contribution in [0.3, 0.4) is 0 Å². The van der Waals surface area contributed by atoms with Crippen molar-refractivity contribution >= 4 is 6.29 Å². The Morgan fingerprint density at radius 1 is 1.31 bits per heavy atom.